The van der Waals surface area contributed by atoms with E-state index in [1.807, 2.05) is 0 Å². The molecule has 7 heteroatoms. The van der Waals surface area contributed by atoms with Crippen molar-refractivity contribution < 1.29 is 9.53 Å². The van der Waals surface area contributed by atoms with E-state index in [-0.39, 0.29) is 22.0 Å². The van der Waals surface area contributed by atoms with Crippen molar-refractivity contribution in [1.29, 1.82) is 0 Å². The Labute approximate surface area is 94.9 Å². The van der Waals surface area contributed by atoms with Gasteiger partial charge < -0.3 is 4.74 Å². The second-order valence-corrected chi connectivity index (χ2v) is 3.95. The molecule has 0 fully saturated rings. The lowest BCUT2D eigenvalue weighted by Crippen LogP contribution is -2.03. The third-order valence-electron chi connectivity index (χ3n) is 1.26. The monoisotopic (exact) mass is 252 g/mol. The number of halogens is 2. The molecule has 0 aliphatic heterocycles. The maximum absolute atomic E-state index is 10.8. The quantitative estimate of drug-likeness (QED) is 0.609. The lowest BCUT2D eigenvalue weighted by atomic mass is 10.6. The Balaban J connectivity index is 2.66. The fourth-order valence-corrected chi connectivity index (χ4v) is 1.85. The number of hydrogen-bond donors (Lipinski definition) is 0. The zero-order valence-electron chi connectivity index (χ0n) is 7.16. The van der Waals surface area contributed by atoms with Crippen molar-refractivity contribution in [3.05, 3.63) is 16.4 Å². The minimum atomic E-state index is -0.334. The lowest BCUT2D eigenvalue weighted by molar-refractivity contribution is -0.137. The second-order valence-electron chi connectivity index (χ2n) is 2.19. The molecule has 0 aliphatic rings. The fraction of sp³-hybridized carbons (Fsp3) is 0.286. The summed E-state index contributed by atoms with van der Waals surface area (Å²) in [6, 6.07) is 1.55. The predicted octanol–water partition coefficient (Wildman–Crippen LogP) is 2.05. The van der Waals surface area contributed by atoms with E-state index in [1.54, 1.807) is 6.07 Å². The van der Waals surface area contributed by atoms with Gasteiger partial charge in [0.05, 0.1) is 17.8 Å². The Hall–Kier alpha value is -0.520. The summed E-state index contributed by atoms with van der Waals surface area (Å²) >= 11 is 12.5. The first-order valence-electron chi connectivity index (χ1n) is 3.52. The number of aromatic nitrogens is 2. The summed E-state index contributed by atoms with van der Waals surface area (Å²) in [6.07, 6.45) is 0. The molecule has 0 saturated heterocycles. The van der Waals surface area contributed by atoms with E-state index in [4.69, 9.17) is 23.2 Å². The molecule has 1 rings (SSSR count). The predicted molar refractivity (Wildman–Crippen MR) is 54.8 cm³/mol. The number of thioether (sulfide) groups is 1. The van der Waals surface area contributed by atoms with Crippen LogP contribution in [0, 0.1) is 0 Å². The molecule has 1 heterocycles. The van der Waals surface area contributed by atoms with Crippen LogP contribution in [0.2, 0.25) is 10.3 Å². The van der Waals surface area contributed by atoms with Crippen LogP contribution >= 0.6 is 35.0 Å². The van der Waals surface area contributed by atoms with Crippen molar-refractivity contribution in [2.24, 2.45) is 0 Å². The molecular weight excluding hydrogens is 247 g/mol. The Morgan fingerprint density at radius 2 is 2.29 bits per heavy atom. The summed E-state index contributed by atoms with van der Waals surface area (Å²) in [5.74, 6) is -0.169. The number of carbonyl (C=O) groups excluding carboxylic acids is 1. The van der Waals surface area contributed by atoms with Gasteiger partial charge in [-0.2, -0.15) is 0 Å². The molecule has 0 unspecified atom stereocenters. The van der Waals surface area contributed by atoms with E-state index in [9.17, 15) is 4.79 Å². The van der Waals surface area contributed by atoms with E-state index in [0.717, 1.165) is 0 Å². The Bertz CT molecular complexity index is 348. The summed E-state index contributed by atoms with van der Waals surface area (Å²) < 4.78 is 4.47. The smallest absolute Gasteiger partial charge is 0.315 e. The van der Waals surface area contributed by atoms with Crippen molar-refractivity contribution in [2.45, 2.75) is 4.90 Å². The van der Waals surface area contributed by atoms with E-state index < -0.39 is 0 Å². The van der Waals surface area contributed by atoms with Crippen molar-refractivity contribution in [2.75, 3.05) is 12.9 Å². The summed E-state index contributed by atoms with van der Waals surface area (Å²) in [6.45, 7) is 0. The molecule has 0 radical (unpaired) electrons. The van der Waals surface area contributed by atoms with E-state index in [1.165, 1.54) is 18.9 Å². The Morgan fingerprint density at radius 3 is 2.93 bits per heavy atom. The van der Waals surface area contributed by atoms with Gasteiger partial charge in [-0.3, -0.25) is 4.79 Å². The molecule has 14 heavy (non-hydrogen) atoms. The summed E-state index contributed by atoms with van der Waals surface area (Å²) in [4.78, 5) is 11.4. The largest absolute Gasteiger partial charge is 0.468 e. The van der Waals surface area contributed by atoms with E-state index in [0.29, 0.717) is 4.90 Å². The molecule has 0 aliphatic carbocycles. The molecule has 0 spiro atoms. The van der Waals surface area contributed by atoms with Crippen LogP contribution < -0.4 is 0 Å². The van der Waals surface area contributed by atoms with Gasteiger partial charge in [-0.1, -0.05) is 23.2 Å². The maximum atomic E-state index is 10.8. The number of ether oxygens (including phenoxy) is 1. The highest BCUT2D eigenvalue weighted by molar-refractivity contribution is 8.00. The molecule has 1 aromatic heterocycles. The fourth-order valence-electron chi connectivity index (χ4n) is 0.634. The highest BCUT2D eigenvalue weighted by Gasteiger charge is 2.07. The van der Waals surface area contributed by atoms with Gasteiger partial charge in [0.1, 0.15) is 0 Å². The standard InChI is InChI=1S/C7H6Cl2N2O2S/c1-13-6(12)3-14-4-2-5(8)10-11-7(4)9/h2H,3H2,1H3. The first-order valence-corrected chi connectivity index (χ1v) is 5.26. The molecule has 0 saturated carbocycles. The molecule has 0 N–H and O–H groups in total. The molecule has 4 nitrogen and oxygen atoms in total. The van der Waals surface area contributed by atoms with Crippen LogP contribution in [0.4, 0.5) is 0 Å². The first-order chi connectivity index (χ1) is 6.63. The highest BCUT2D eigenvalue weighted by atomic mass is 35.5. The minimum Gasteiger partial charge on any atom is -0.468 e. The first kappa shape index (κ1) is 11.6. The summed E-state index contributed by atoms with van der Waals surface area (Å²) in [5, 5.41) is 7.60. The minimum absolute atomic E-state index is 0.165. The number of methoxy groups -OCH3 is 1. The average molecular weight is 253 g/mol. The molecule has 76 valence electrons. The molecule has 1 aromatic rings. The number of hydrogen-bond acceptors (Lipinski definition) is 5. The Kier molecular flexibility index (Phi) is 4.44. The van der Waals surface area contributed by atoms with Gasteiger partial charge in [0.2, 0.25) is 0 Å². The van der Waals surface area contributed by atoms with Crippen molar-refractivity contribution in [3.63, 3.8) is 0 Å². The van der Waals surface area contributed by atoms with Crippen LogP contribution in [0.15, 0.2) is 11.0 Å². The van der Waals surface area contributed by atoms with Gasteiger partial charge in [0.25, 0.3) is 0 Å². The van der Waals surface area contributed by atoms with Crippen LogP contribution in [-0.4, -0.2) is 29.0 Å². The number of carbonyl (C=O) groups is 1. The van der Waals surface area contributed by atoms with E-state index in [2.05, 4.69) is 14.9 Å². The van der Waals surface area contributed by atoms with Crippen LogP contribution in [0.1, 0.15) is 0 Å². The third kappa shape index (κ3) is 3.32. The molecule has 0 aromatic carbocycles. The van der Waals surface area contributed by atoms with Crippen molar-refractivity contribution >= 4 is 40.9 Å². The summed E-state index contributed by atoms with van der Waals surface area (Å²) in [5.41, 5.74) is 0. The highest BCUT2D eigenvalue weighted by Crippen LogP contribution is 2.26. The van der Waals surface area contributed by atoms with Crippen LogP contribution in [0.3, 0.4) is 0 Å². The Morgan fingerprint density at radius 1 is 1.57 bits per heavy atom. The van der Waals surface area contributed by atoms with Crippen LogP contribution in [0.5, 0.6) is 0 Å². The van der Waals surface area contributed by atoms with Crippen LogP contribution in [0.25, 0.3) is 0 Å². The van der Waals surface area contributed by atoms with Crippen molar-refractivity contribution in [1.82, 2.24) is 10.2 Å². The SMILES string of the molecule is COC(=O)CSc1cc(Cl)nnc1Cl. The molecule has 0 atom stereocenters. The zero-order valence-corrected chi connectivity index (χ0v) is 9.49. The zero-order chi connectivity index (χ0) is 10.6. The van der Waals surface area contributed by atoms with Crippen molar-refractivity contribution in [3.8, 4) is 0 Å². The summed E-state index contributed by atoms with van der Waals surface area (Å²) in [7, 11) is 1.32. The van der Waals surface area contributed by atoms with Gasteiger partial charge in [-0.05, 0) is 6.07 Å². The molecule has 0 amide bonds. The number of esters is 1. The van der Waals surface area contributed by atoms with Gasteiger partial charge in [-0.15, -0.1) is 22.0 Å². The molecule has 0 bridgehead atoms. The maximum Gasteiger partial charge on any atom is 0.315 e. The topological polar surface area (TPSA) is 52.1 Å². The van der Waals surface area contributed by atoms with Crippen LogP contribution in [-0.2, 0) is 9.53 Å². The lowest BCUT2D eigenvalue weighted by Gasteiger charge is -2.01. The number of nitrogens with zero attached hydrogens (tertiary/aromatic N) is 2. The van der Waals surface area contributed by atoms with Gasteiger partial charge >= 0.3 is 5.97 Å². The normalized spacial score (nSPS) is 9.93. The number of rotatable bonds is 3. The van der Waals surface area contributed by atoms with Gasteiger partial charge in [0.15, 0.2) is 10.3 Å². The van der Waals surface area contributed by atoms with Gasteiger partial charge in [-0.25, -0.2) is 0 Å². The average Bonchev–Trinajstić information content (AvgIpc) is 2.19. The van der Waals surface area contributed by atoms with Gasteiger partial charge in [0, 0.05) is 0 Å². The molecular formula is C7H6Cl2N2O2S. The second kappa shape index (κ2) is 5.38. The van der Waals surface area contributed by atoms with E-state index >= 15 is 0 Å². The third-order valence-corrected chi connectivity index (χ3v) is 2.84.